The Labute approximate surface area is 137 Å². The van der Waals surface area contributed by atoms with Crippen LogP contribution in [-0.2, 0) is 13.0 Å². The molecule has 2 N–H and O–H groups in total. The lowest BCUT2D eigenvalue weighted by Gasteiger charge is -2.11. The Bertz CT molecular complexity index is 673. The van der Waals surface area contributed by atoms with Crippen LogP contribution in [0.2, 0.25) is 0 Å². The summed E-state index contributed by atoms with van der Waals surface area (Å²) in [5.41, 5.74) is 10.3. The molecule has 0 radical (unpaired) electrons. The number of thioether (sulfide) groups is 1. The van der Waals surface area contributed by atoms with Gasteiger partial charge in [0, 0.05) is 18.7 Å². The first kappa shape index (κ1) is 16.9. The normalized spacial score (nSPS) is 11.8. The number of rotatable bonds is 7. The van der Waals surface area contributed by atoms with Gasteiger partial charge in [-0.05, 0) is 50.3 Å². The molecular formula is C17H26N4S. The summed E-state index contributed by atoms with van der Waals surface area (Å²) in [4.78, 5) is 9.20. The van der Waals surface area contributed by atoms with Gasteiger partial charge >= 0.3 is 0 Å². The smallest absolute Gasteiger partial charge is 0.151 e. The molecule has 0 aliphatic rings. The second-order valence-electron chi connectivity index (χ2n) is 5.53. The highest BCUT2D eigenvalue weighted by molar-refractivity contribution is 8.02. The van der Waals surface area contributed by atoms with E-state index in [-0.39, 0.29) is 0 Å². The molecule has 0 saturated carbocycles. The van der Waals surface area contributed by atoms with E-state index in [0.717, 1.165) is 48.6 Å². The number of allylic oxidation sites excluding steroid dienone is 1. The van der Waals surface area contributed by atoms with Gasteiger partial charge in [0.25, 0.3) is 0 Å². The van der Waals surface area contributed by atoms with Crippen LogP contribution in [0, 0.1) is 13.8 Å². The number of nitrogen functional groups attached to an aromatic ring is 1. The molecule has 2 aromatic heterocycles. The average Bonchev–Trinajstić information content (AvgIpc) is 2.84. The lowest BCUT2D eigenvalue weighted by Crippen LogP contribution is -2.06. The van der Waals surface area contributed by atoms with Crippen molar-refractivity contribution in [2.75, 3.05) is 11.5 Å². The van der Waals surface area contributed by atoms with Crippen LogP contribution >= 0.6 is 11.8 Å². The van der Waals surface area contributed by atoms with E-state index >= 15 is 0 Å². The van der Waals surface area contributed by atoms with Crippen LogP contribution in [0.15, 0.2) is 11.5 Å². The van der Waals surface area contributed by atoms with Crippen molar-refractivity contribution in [1.82, 2.24) is 14.5 Å². The first-order valence-electron chi connectivity index (χ1n) is 7.94. The van der Waals surface area contributed by atoms with E-state index in [1.807, 2.05) is 18.7 Å². The summed E-state index contributed by atoms with van der Waals surface area (Å²) in [6.07, 6.45) is 5.27. The average molecular weight is 318 g/mol. The summed E-state index contributed by atoms with van der Waals surface area (Å²) in [6.45, 7) is 9.36. The third-order valence-electron chi connectivity index (χ3n) is 3.83. The van der Waals surface area contributed by atoms with Gasteiger partial charge in [-0.3, -0.25) is 0 Å². The second-order valence-corrected chi connectivity index (χ2v) is 6.54. The lowest BCUT2D eigenvalue weighted by atomic mass is 10.2. The van der Waals surface area contributed by atoms with Crippen molar-refractivity contribution in [1.29, 1.82) is 0 Å². The van der Waals surface area contributed by atoms with Gasteiger partial charge in [0.15, 0.2) is 5.82 Å². The van der Waals surface area contributed by atoms with E-state index in [1.54, 1.807) is 0 Å². The predicted molar refractivity (Wildman–Crippen MR) is 97.3 cm³/mol. The molecule has 0 aliphatic heterocycles. The Kier molecular flexibility index (Phi) is 5.89. The van der Waals surface area contributed by atoms with E-state index < -0.39 is 0 Å². The molecule has 0 saturated heterocycles. The van der Waals surface area contributed by atoms with E-state index in [9.17, 15) is 0 Å². The quantitative estimate of drug-likeness (QED) is 0.776. The highest BCUT2D eigenvalue weighted by Crippen LogP contribution is 2.27. The van der Waals surface area contributed by atoms with Crippen LogP contribution in [0.5, 0.6) is 0 Å². The highest BCUT2D eigenvalue weighted by Gasteiger charge is 2.16. The number of aryl methyl sites for hydroxylation is 4. The number of pyridine rings is 1. The van der Waals surface area contributed by atoms with Crippen molar-refractivity contribution in [2.45, 2.75) is 53.5 Å². The second kappa shape index (κ2) is 7.68. The minimum atomic E-state index is 0.553. The van der Waals surface area contributed by atoms with Gasteiger partial charge in [0.05, 0.1) is 5.52 Å². The summed E-state index contributed by atoms with van der Waals surface area (Å²) in [7, 11) is 0. The standard InChI is InChI=1S/C17H26N4S/c1-5-8-14-20-15-16(12(3)13(4)19-17(15)18)21(14)9-7-11-22-10-6-2/h6,10H,5,7-9,11H2,1-4H3,(H2,18,19)/b10-6+. The van der Waals surface area contributed by atoms with Crippen molar-refractivity contribution < 1.29 is 0 Å². The topological polar surface area (TPSA) is 56.7 Å². The first-order valence-corrected chi connectivity index (χ1v) is 8.99. The van der Waals surface area contributed by atoms with E-state index in [1.165, 1.54) is 11.1 Å². The zero-order valence-corrected chi connectivity index (χ0v) is 14.8. The maximum absolute atomic E-state index is 6.10. The molecule has 5 heteroatoms. The molecule has 0 fully saturated rings. The summed E-state index contributed by atoms with van der Waals surface area (Å²) >= 11 is 1.86. The van der Waals surface area contributed by atoms with Crippen LogP contribution in [0.1, 0.15) is 43.8 Å². The largest absolute Gasteiger partial charge is 0.382 e. The number of fused-ring (bicyclic) bond motifs is 1. The molecule has 2 rings (SSSR count). The van der Waals surface area contributed by atoms with Gasteiger partial charge in [0.2, 0.25) is 0 Å². The number of hydrogen-bond donors (Lipinski definition) is 1. The molecule has 0 unspecified atom stereocenters. The zero-order chi connectivity index (χ0) is 16.1. The predicted octanol–water partition coefficient (Wildman–Crippen LogP) is 4.24. The SMILES string of the molecule is C/C=C/SCCCn1c(CCC)nc2c(N)nc(C)c(C)c21. The molecule has 0 atom stereocenters. The molecule has 22 heavy (non-hydrogen) atoms. The van der Waals surface area contributed by atoms with Gasteiger partial charge in [-0.1, -0.05) is 13.0 Å². The maximum atomic E-state index is 6.10. The fraction of sp³-hybridized carbons (Fsp3) is 0.529. The van der Waals surface area contributed by atoms with E-state index in [0.29, 0.717) is 5.82 Å². The van der Waals surface area contributed by atoms with Gasteiger partial charge in [-0.2, -0.15) is 0 Å². The van der Waals surface area contributed by atoms with Crippen molar-refractivity contribution in [3.05, 3.63) is 28.6 Å². The van der Waals surface area contributed by atoms with Gasteiger partial charge in [0.1, 0.15) is 11.3 Å². The highest BCUT2D eigenvalue weighted by atomic mass is 32.2. The van der Waals surface area contributed by atoms with Crippen molar-refractivity contribution in [2.24, 2.45) is 0 Å². The molecular weight excluding hydrogens is 292 g/mol. The molecule has 0 bridgehead atoms. The number of anilines is 1. The van der Waals surface area contributed by atoms with Crippen LogP contribution < -0.4 is 5.73 Å². The third-order valence-corrected chi connectivity index (χ3v) is 4.81. The molecule has 2 heterocycles. The van der Waals surface area contributed by atoms with Gasteiger partial charge in [-0.25, -0.2) is 9.97 Å². The van der Waals surface area contributed by atoms with Crippen LogP contribution in [-0.4, -0.2) is 20.3 Å². The van der Waals surface area contributed by atoms with Crippen LogP contribution in [0.25, 0.3) is 11.0 Å². The zero-order valence-electron chi connectivity index (χ0n) is 14.0. The molecule has 4 nitrogen and oxygen atoms in total. The number of hydrogen-bond acceptors (Lipinski definition) is 4. The van der Waals surface area contributed by atoms with Crippen molar-refractivity contribution in [3.63, 3.8) is 0 Å². The summed E-state index contributed by atoms with van der Waals surface area (Å²) in [5, 5.41) is 2.15. The van der Waals surface area contributed by atoms with Crippen LogP contribution in [0.3, 0.4) is 0 Å². The summed E-state index contributed by atoms with van der Waals surface area (Å²) < 4.78 is 2.36. The van der Waals surface area contributed by atoms with Crippen LogP contribution in [0.4, 0.5) is 5.82 Å². The number of aromatic nitrogens is 3. The third kappa shape index (κ3) is 3.46. The first-order chi connectivity index (χ1) is 10.6. The Balaban J connectivity index is 2.38. The molecule has 0 amide bonds. The van der Waals surface area contributed by atoms with Crippen molar-refractivity contribution >= 4 is 28.6 Å². The molecule has 0 spiro atoms. The monoisotopic (exact) mass is 318 g/mol. The molecule has 2 aromatic rings. The number of nitrogens with two attached hydrogens (primary N) is 1. The van der Waals surface area contributed by atoms with Crippen molar-refractivity contribution in [3.8, 4) is 0 Å². The lowest BCUT2D eigenvalue weighted by molar-refractivity contribution is 0.649. The van der Waals surface area contributed by atoms with E-state index in [4.69, 9.17) is 10.7 Å². The Morgan fingerprint density at radius 1 is 1.27 bits per heavy atom. The Morgan fingerprint density at radius 2 is 2.05 bits per heavy atom. The molecule has 0 aliphatic carbocycles. The maximum Gasteiger partial charge on any atom is 0.151 e. The minimum Gasteiger partial charge on any atom is -0.382 e. The summed E-state index contributed by atoms with van der Waals surface area (Å²) in [5.74, 6) is 2.81. The molecule has 120 valence electrons. The summed E-state index contributed by atoms with van der Waals surface area (Å²) in [6, 6.07) is 0. The van der Waals surface area contributed by atoms with E-state index in [2.05, 4.69) is 41.8 Å². The molecule has 0 aromatic carbocycles. The number of imidazole rings is 1. The van der Waals surface area contributed by atoms with Gasteiger partial charge < -0.3 is 10.3 Å². The number of nitrogens with zero attached hydrogens (tertiary/aromatic N) is 3. The Hall–Kier alpha value is -1.49. The van der Waals surface area contributed by atoms with Gasteiger partial charge in [-0.15, -0.1) is 11.8 Å². The Morgan fingerprint density at radius 3 is 2.73 bits per heavy atom. The fourth-order valence-electron chi connectivity index (χ4n) is 2.67. The fourth-order valence-corrected chi connectivity index (χ4v) is 3.30. The minimum absolute atomic E-state index is 0.553.